The number of benzene rings is 2. The van der Waals surface area contributed by atoms with E-state index < -0.39 is 0 Å². The van der Waals surface area contributed by atoms with Crippen molar-refractivity contribution in [3.63, 3.8) is 0 Å². The summed E-state index contributed by atoms with van der Waals surface area (Å²) in [4.78, 5) is 35.9. The lowest BCUT2D eigenvalue weighted by Gasteiger charge is -2.34. The lowest BCUT2D eigenvalue weighted by atomic mass is 9.91. The molecule has 1 aliphatic rings. The molecular weight excluding hydrogens is 424 g/mol. The summed E-state index contributed by atoms with van der Waals surface area (Å²) in [6, 6.07) is 17.8. The highest BCUT2D eigenvalue weighted by Crippen LogP contribution is 2.30. The van der Waals surface area contributed by atoms with Crippen LogP contribution in [0.25, 0.3) is 22.2 Å². The van der Waals surface area contributed by atoms with E-state index in [4.69, 9.17) is 0 Å². The van der Waals surface area contributed by atoms with Gasteiger partial charge in [-0.2, -0.15) is 0 Å². The molecule has 0 radical (unpaired) electrons. The number of carbonyl (C=O) groups excluding carboxylic acids is 2. The van der Waals surface area contributed by atoms with E-state index in [2.05, 4.69) is 21.4 Å². The smallest absolute Gasteiger partial charge is 0.254 e. The van der Waals surface area contributed by atoms with Crippen LogP contribution in [0.3, 0.4) is 0 Å². The standard InChI is InChI=1S/C28H28N4O2/c1-18-10-11-24(20-7-4-3-5-8-20)25(19(18)2)28(34)32-14-6-9-23(17-32)31-27(33)22-15-21-12-13-29-26(21)30-16-22/h3-5,7-8,10-13,15-16,23H,6,9,14,17H2,1-2H3,(H,29,30)(H,31,33)/t23-/m1/s1. The topological polar surface area (TPSA) is 78.1 Å². The van der Waals surface area contributed by atoms with Gasteiger partial charge in [-0.15, -0.1) is 0 Å². The number of nitrogens with zero attached hydrogens (tertiary/aromatic N) is 2. The second kappa shape index (κ2) is 9.14. The van der Waals surface area contributed by atoms with Gasteiger partial charge in [0.2, 0.25) is 0 Å². The molecule has 0 spiro atoms. The van der Waals surface area contributed by atoms with Crippen molar-refractivity contribution in [3.8, 4) is 11.1 Å². The largest absolute Gasteiger partial charge is 0.347 e. The average Bonchev–Trinajstić information content (AvgIpc) is 3.34. The lowest BCUT2D eigenvalue weighted by Crippen LogP contribution is -2.49. The summed E-state index contributed by atoms with van der Waals surface area (Å²) < 4.78 is 0. The van der Waals surface area contributed by atoms with Crippen LogP contribution in [0.4, 0.5) is 0 Å². The third-order valence-electron chi connectivity index (χ3n) is 6.74. The summed E-state index contributed by atoms with van der Waals surface area (Å²) in [5.41, 5.74) is 6.11. The number of amides is 2. The molecule has 0 aliphatic carbocycles. The minimum absolute atomic E-state index is 0.0226. The number of carbonyl (C=O) groups is 2. The van der Waals surface area contributed by atoms with Gasteiger partial charge in [-0.25, -0.2) is 4.98 Å². The maximum atomic E-state index is 13.8. The first-order chi connectivity index (χ1) is 16.5. The number of aromatic nitrogens is 2. The minimum atomic E-state index is -0.161. The zero-order valence-corrected chi connectivity index (χ0v) is 19.5. The number of fused-ring (bicyclic) bond motifs is 1. The Morgan fingerprint density at radius 1 is 1.09 bits per heavy atom. The first-order valence-corrected chi connectivity index (χ1v) is 11.7. The van der Waals surface area contributed by atoms with Crippen molar-refractivity contribution in [3.05, 3.63) is 89.2 Å². The Labute approximate surface area is 199 Å². The third-order valence-corrected chi connectivity index (χ3v) is 6.74. The minimum Gasteiger partial charge on any atom is -0.347 e. The summed E-state index contributed by atoms with van der Waals surface area (Å²) in [5, 5.41) is 4.02. The maximum Gasteiger partial charge on any atom is 0.254 e. The molecule has 4 aromatic rings. The Morgan fingerprint density at radius 3 is 2.74 bits per heavy atom. The highest BCUT2D eigenvalue weighted by Gasteiger charge is 2.28. The van der Waals surface area contributed by atoms with Crippen molar-refractivity contribution in [2.45, 2.75) is 32.7 Å². The monoisotopic (exact) mass is 452 g/mol. The molecule has 2 amide bonds. The molecule has 5 rings (SSSR count). The summed E-state index contributed by atoms with van der Waals surface area (Å²) >= 11 is 0. The number of pyridine rings is 1. The van der Waals surface area contributed by atoms with Crippen LogP contribution in [0, 0.1) is 13.8 Å². The van der Waals surface area contributed by atoms with Crippen LogP contribution >= 0.6 is 0 Å². The van der Waals surface area contributed by atoms with Crippen LogP contribution in [-0.4, -0.2) is 45.8 Å². The van der Waals surface area contributed by atoms with Crippen LogP contribution in [0.1, 0.15) is 44.7 Å². The molecule has 0 unspecified atom stereocenters. The van der Waals surface area contributed by atoms with Gasteiger partial charge in [0.1, 0.15) is 5.65 Å². The Balaban J connectivity index is 1.36. The number of hydrogen-bond acceptors (Lipinski definition) is 3. The number of H-pyrrole nitrogens is 1. The lowest BCUT2D eigenvalue weighted by molar-refractivity contribution is 0.0676. The molecule has 6 nitrogen and oxygen atoms in total. The third kappa shape index (κ3) is 4.19. The first-order valence-electron chi connectivity index (χ1n) is 11.7. The fourth-order valence-electron chi connectivity index (χ4n) is 4.72. The molecule has 1 saturated heterocycles. The van der Waals surface area contributed by atoms with Gasteiger partial charge in [0.05, 0.1) is 11.1 Å². The second-order valence-corrected chi connectivity index (χ2v) is 9.00. The SMILES string of the molecule is Cc1ccc(-c2ccccc2)c(C(=O)N2CCC[C@@H](NC(=O)c3cnc4[nH]ccc4c3)C2)c1C. The fourth-order valence-corrected chi connectivity index (χ4v) is 4.72. The van der Waals surface area contributed by atoms with E-state index in [0.29, 0.717) is 18.7 Å². The highest BCUT2D eigenvalue weighted by molar-refractivity contribution is 6.03. The van der Waals surface area contributed by atoms with Gasteiger partial charge >= 0.3 is 0 Å². The zero-order valence-electron chi connectivity index (χ0n) is 19.5. The van der Waals surface area contributed by atoms with E-state index in [0.717, 1.165) is 51.7 Å². The van der Waals surface area contributed by atoms with Crippen molar-refractivity contribution >= 4 is 22.8 Å². The van der Waals surface area contributed by atoms with Gasteiger partial charge in [0, 0.05) is 36.9 Å². The zero-order chi connectivity index (χ0) is 23.7. The van der Waals surface area contributed by atoms with Gasteiger partial charge in [-0.1, -0.05) is 42.5 Å². The Hall–Kier alpha value is -3.93. The van der Waals surface area contributed by atoms with E-state index in [1.165, 1.54) is 0 Å². The molecule has 1 atom stereocenters. The van der Waals surface area contributed by atoms with E-state index in [1.54, 1.807) is 12.4 Å². The van der Waals surface area contributed by atoms with E-state index in [-0.39, 0.29) is 17.9 Å². The van der Waals surface area contributed by atoms with Gasteiger partial charge in [0.25, 0.3) is 11.8 Å². The number of piperidine rings is 1. The van der Waals surface area contributed by atoms with Crippen molar-refractivity contribution < 1.29 is 9.59 Å². The van der Waals surface area contributed by atoms with Crippen LogP contribution in [0.15, 0.2) is 67.0 Å². The van der Waals surface area contributed by atoms with E-state index in [1.807, 2.05) is 67.3 Å². The molecule has 3 heterocycles. The summed E-state index contributed by atoms with van der Waals surface area (Å²) in [5.74, 6) is -0.138. The predicted octanol–water partition coefficient (Wildman–Crippen LogP) is 4.88. The molecule has 0 saturated carbocycles. The number of hydrogen-bond donors (Lipinski definition) is 2. The number of nitrogens with one attached hydrogen (secondary N) is 2. The summed E-state index contributed by atoms with van der Waals surface area (Å²) in [6.45, 7) is 5.23. The van der Waals surface area contributed by atoms with Gasteiger partial charge in [0.15, 0.2) is 0 Å². The van der Waals surface area contributed by atoms with Gasteiger partial charge < -0.3 is 15.2 Å². The van der Waals surface area contributed by atoms with Crippen LogP contribution < -0.4 is 5.32 Å². The normalized spacial score (nSPS) is 15.9. The number of aryl methyl sites for hydroxylation is 1. The molecule has 6 heteroatoms. The van der Waals surface area contributed by atoms with Gasteiger partial charge in [-0.05, 0) is 61.1 Å². The quantitative estimate of drug-likeness (QED) is 0.463. The predicted molar refractivity (Wildman–Crippen MR) is 134 cm³/mol. The molecule has 1 fully saturated rings. The number of rotatable bonds is 4. The summed E-state index contributed by atoms with van der Waals surface area (Å²) in [6.07, 6.45) is 5.08. The highest BCUT2D eigenvalue weighted by atomic mass is 16.2. The molecular formula is C28H28N4O2. The fraction of sp³-hybridized carbons (Fsp3) is 0.250. The van der Waals surface area contributed by atoms with Crippen LogP contribution in [0.5, 0.6) is 0 Å². The molecule has 0 bridgehead atoms. The van der Waals surface area contributed by atoms with E-state index in [9.17, 15) is 9.59 Å². The maximum absolute atomic E-state index is 13.8. The van der Waals surface area contributed by atoms with Crippen molar-refractivity contribution in [2.24, 2.45) is 0 Å². The van der Waals surface area contributed by atoms with Gasteiger partial charge in [-0.3, -0.25) is 9.59 Å². The second-order valence-electron chi connectivity index (χ2n) is 9.00. The van der Waals surface area contributed by atoms with Crippen molar-refractivity contribution in [1.82, 2.24) is 20.2 Å². The van der Waals surface area contributed by atoms with Crippen molar-refractivity contribution in [2.75, 3.05) is 13.1 Å². The first kappa shape index (κ1) is 21.9. The molecule has 1 aliphatic heterocycles. The summed E-state index contributed by atoms with van der Waals surface area (Å²) in [7, 11) is 0. The van der Waals surface area contributed by atoms with E-state index >= 15 is 0 Å². The Morgan fingerprint density at radius 2 is 1.91 bits per heavy atom. The Kier molecular flexibility index (Phi) is 5.88. The van der Waals surface area contributed by atoms with Crippen LogP contribution in [0.2, 0.25) is 0 Å². The molecule has 2 aromatic carbocycles. The molecule has 2 aromatic heterocycles. The van der Waals surface area contributed by atoms with Crippen molar-refractivity contribution in [1.29, 1.82) is 0 Å². The average molecular weight is 453 g/mol. The Bertz CT molecular complexity index is 1360. The molecule has 172 valence electrons. The number of likely N-dealkylation sites (tertiary alicyclic amines) is 1. The number of aromatic amines is 1. The van der Waals surface area contributed by atoms with Crippen LogP contribution in [-0.2, 0) is 0 Å². The molecule has 2 N–H and O–H groups in total. The molecule has 34 heavy (non-hydrogen) atoms.